The summed E-state index contributed by atoms with van der Waals surface area (Å²) >= 11 is 0. The quantitative estimate of drug-likeness (QED) is 0.823. The molecule has 3 atom stereocenters. The maximum Gasteiger partial charge on any atom is 0.335 e. The van der Waals surface area contributed by atoms with Gasteiger partial charge >= 0.3 is 5.97 Å². The van der Waals surface area contributed by atoms with Crippen LogP contribution in [0.3, 0.4) is 0 Å². The number of fused-ring (bicyclic) bond motifs is 2. The zero-order valence-corrected chi connectivity index (χ0v) is 13.0. The molecule has 2 aromatic rings. The van der Waals surface area contributed by atoms with E-state index in [1.54, 1.807) is 6.07 Å². The summed E-state index contributed by atoms with van der Waals surface area (Å²) in [5.74, 6) is 1.22. The van der Waals surface area contributed by atoms with Crippen molar-refractivity contribution in [1.82, 2.24) is 0 Å². The van der Waals surface area contributed by atoms with E-state index in [9.17, 15) is 9.90 Å². The molecule has 2 aliphatic carbocycles. The molecule has 2 aromatic carbocycles. The van der Waals surface area contributed by atoms with Gasteiger partial charge in [0.15, 0.2) is 0 Å². The molecule has 1 saturated carbocycles. The number of carbonyl (C=O) groups is 1. The van der Waals surface area contributed by atoms with E-state index in [0.717, 1.165) is 17.9 Å². The van der Waals surface area contributed by atoms with Gasteiger partial charge in [0, 0.05) is 0 Å². The summed E-state index contributed by atoms with van der Waals surface area (Å²) in [5.41, 5.74) is 3.89. The molecule has 116 valence electrons. The largest absolute Gasteiger partial charge is 0.478 e. The first-order valence-corrected chi connectivity index (χ1v) is 8.30. The van der Waals surface area contributed by atoms with Crippen LogP contribution in [0.2, 0.25) is 0 Å². The van der Waals surface area contributed by atoms with E-state index >= 15 is 0 Å². The lowest BCUT2D eigenvalue weighted by Gasteiger charge is -2.20. The van der Waals surface area contributed by atoms with Crippen LogP contribution in [0.5, 0.6) is 0 Å². The highest BCUT2D eigenvalue weighted by molar-refractivity contribution is 5.89. The lowest BCUT2D eigenvalue weighted by Crippen LogP contribution is -2.11. The monoisotopic (exact) mass is 304 g/mol. The van der Waals surface area contributed by atoms with E-state index in [4.69, 9.17) is 0 Å². The molecule has 0 radical (unpaired) electrons. The van der Waals surface area contributed by atoms with E-state index in [1.165, 1.54) is 24.0 Å². The van der Waals surface area contributed by atoms with Crippen molar-refractivity contribution in [2.24, 2.45) is 17.8 Å². The number of aromatic carboxylic acids is 1. The fourth-order valence-corrected chi connectivity index (χ4v) is 4.21. The van der Waals surface area contributed by atoms with E-state index in [1.807, 2.05) is 30.3 Å². The molecule has 0 aromatic heterocycles. The third-order valence-electron chi connectivity index (χ3n) is 5.34. The summed E-state index contributed by atoms with van der Waals surface area (Å²) in [5, 5.41) is 9.33. The Morgan fingerprint density at radius 2 is 1.87 bits per heavy atom. The molecule has 3 unspecified atom stereocenters. The minimum absolute atomic E-state index is 0.387. The van der Waals surface area contributed by atoms with Crippen molar-refractivity contribution in [3.05, 3.63) is 71.8 Å². The van der Waals surface area contributed by atoms with Crippen molar-refractivity contribution in [3.63, 3.8) is 0 Å². The number of allylic oxidation sites excluding steroid dienone is 2. The van der Waals surface area contributed by atoms with Crippen LogP contribution in [0.25, 0.3) is 11.1 Å². The van der Waals surface area contributed by atoms with Crippen molar-refractivity contribution in [3.8, 4) is 11.1 Å². The summed E-state index contributed by atoms with van der Waals surface area (Å²) in [6.07, 6.45) is 8.21. The maximum atomic E-state index is 11.4. The fraction of sp³-hybridized carbons (Fsp3) is 0.286. The Hall–Kier alpha value is -2.35. The Labute approximate surface area is 136 Å². The minimum atomic E-state index is -0.848. The second kappa shape index (κ2) is 5.69. The predicted molar refractivity (Wildman–Crippen MR) is 91.4 cm³/mol. The zero-order valence-electron chi connectivity index (χ0n) is 13.0. The molecule has 0 saturated heterocycles. The van der Waals surface area contributed by atoms with Gasteiger partial charge in [-0.15, -0.1) is 0 Å². The highest BCUT2D eigenvalue weighted by atomic mass is 16.4. The Morgan fingerprint density at radius 3 is 2.52 bits per heavy atom. The van der Waals surface area contributed by atoms with Crippen molar-refractivity contribution in [2.75, 3.05) is 0 Å². The normalized spacial score (nSPS) is 25.0. The van der Waals surface area contributed by atoms with Crippen LogP contribution in [0.15, 0.2) is 60.7 Å². The SMILES string of the molecule is O=C(O)c1ccc(-c2ccccc2)c(CC2CC3C=CC2C3)c1. The first kappa shape index (κ1) is 14.3. The summed E-state index contributed by atoms with van der Waals surface area (Å²) in [6.45, 7) is 0. The van der Waals surface area contributed by atoms with E-state index in [2.05, 4.69) is 24.3 Å². The van der Waals surface area contributed by atoms with Gasteiger partial charge in [-0.1, -0.05) is 48.6 Å². The molecule has 0 amide bonds. The van der Waals surface area contributed by atoms with Crippen molar-refractivity contribution in [1.29, 1.82) is 0 Å². The number of carboxylic acid groups (broad SMARTS) is 1. The summed E-state index contributed by atoms with van der Waals surface area (Å²) in [7, 11) is 0. The molecular formula is C21H20O2. The lowest BCUT2D eigenvalue weighted by atomic mass is 9.84. The average Bonchev–Trinajstić information content (AvgIpc) is 3.18. The number of hydrogen-bond donors (Lipinski definition) is 1. The van der Waals surface area contributed by atoms with Crippen molar-refractivity contribution in [2.45, 2.75) is 19.3 Å². The van der Waals surface area contributed by atoms with Crippen LogP contribution in [0, 0.1) is 17.8 Å². The zero-order chi connectivity index (χ0) is 15.8. The Balaban J connectivity index is 1.71. The van der Waals surface area contributed by atoms with Crippen LogP contribution in [-0.2, 0) is 6.42 Å². The molecule has 0 spiro atoms. The molecule has 4 rings (SSSR count). The molecule has 1 N–H and O–H groups in total. The molecule has 23 heavy (non-hydrogen) atoms. The first-order chi connectivity index (χ1) is 11.2. The van der Waals surface area contributed by atoms with Gasteiger partial charge in [0.05, 0.1) is 5.56 Å². The Bertz CT molecular complexity index is 761. The molecule has 0 heterocycles. The number of benzene rings is 2. The standard InChI is InChI=1S/C21H20O2/c22-21(23)17-8-9-20(15-4-2-1-3-5-15)19(12-17)13-18-11-14-6-7-16(18)10-14/h1-9,12,14,16,18H,10-11,13H2,(H,22,23). The first-order valence-electron chi connectivity index (χ1n) is 8.30. The van der Waals surface area contributed by atoms with Gasteiger partial charge in [-0.3, -0.25) is 0 Å². The van der Waals surface area contributed by atoms with E-state index < -0.39 is 5.97 Å². The summed E-state index contributed by atoms with van der Waals surface area (Å²) in [4.78, 5) is 11.4. The second-order valence-corrected chi connectivity index (χ2v) is 6.79. The second-order valence-electron chi connectivity index (χ2n) is 6.79. The summed E-state index contributed by atoms with van der Waals surface area (Å²) < 4.78 is 0. The Kier molecular flexibility index (Phi) is 3.53. The van der Waals surface area contributed by atoms with Gasteiger partial charge in [-0.2, -0.15) is 0 Å². The van der Waals surface area contributed by atoms with Gasteiger partial charge in [0.25, 0.3) is 0 Å². The van der Waals surface area contributed by atoms with Crippen LogP contribution in [0.1, 0.15) is 28.8 Å². The predicted octanol–water partition coefficient (Wildman–Crippen LogP) is 4.81. The fourth-order valence-electron chi connectivity index (χ4n) is 4.21. The molecule has 2 bridgehead atoms. The van der Waals surface area contributed by atoms with E-state index in [0.29, 0.717) is 17.4 Å². The van der Waals surface area contributed by atoms with Crippen molar-refractivity contribution < 1.29 is 9.90 Å². The highest BCUT2D eigenvalue weighted by Gasteiger charge is 2.35. The van der Waals surface area contributed by atoms with Gasteiger partial charge < -0.3 is 5.11 Å². The third kappa shape index (κ3) is 2.70. The average molecular weight is 304 g/mol. The summed E-state index contributed by atoms with van der Waals surface area (Å²) in [6, 6.07) is 15.8. The molecular weight excluding hydrogens is 284 g/mol. The van der Waals surface area contributed by atoms with Gasteiger partial charge in [-0.05, 0) is 65.8 Å². The van der Waals surface area contributed by atoms with Crippen LogP contribution in [-0.4, -0.2) is 11.1 Å². The molecule has 2 heteroatoms. The Morgan fingerprint density at radius 1 is 1.04 bits per heavy atom. The maximum absolute atomic E-state index is 11.4. The van der Waals surface area contributed by atoms with Crippen LogP contribution in [0.4, 0.5) is 0 Å². The third-order valence-corrected chi connectivity index (χ3v) is 5.34. The lowest BCUT2D eigenvalue weighted by molar-refractivity contribution is 0.0696. The molecule has 2 nitrogen and oxygen atoms in total. The van der Waals surface area contributed by atoms with Gasteiger partial charge in [0.1, 0.15) is 0 Å². The van der Waals surface area contributed by atoms with E-state index in [-0.39, 0.29) is 0 Å². The topological polar surface area (TPSA) is 37.3 Å². The number of hydrogen-bond acceptors (Lipinski definition) is 1. The highest BCUT2D eigenvalue weighted by Crippen LogP contribution is 2.45. The minimum Gasteiger partial charge on any atom is -0.478 e. The molecule has 1 fully saturated rings. The van der Waals surface area contributed by atoms with Gasteiger partial charge in [-0.25, -0.2) is 4.79 Å². The number of carboxylic acids is 1. The number of rotatable bonds is 4. The van der Waals surface area contributed by atoms with Crippen LogP contribution >= 0.6 is 0 Å². The van der Waals surface area contributed by atoms with Crippen molar-refractivity contribution >= 4 is 5.97 Å². The van der Waals surface area contributed by atoms with Gasteiger partial charge in [0.2, 0.25) is 0 Å². The molecule has 2 aliphatic rings. The smallest absolute Gasteiger partial charge is 0.335 e. The molecule has 0 aliphatic heterocycles. The van der Waals surface area contributed by atoms with Crippen LogP contribution < -0.4 is 0 Å².